The smallest absolute Gasteiger partial charge is 0.223 e. The summed E-state index contributed by atoms with van der Waals surface area (Å²) in [5, 5.41) is 4.16. The van der Waals surface area contributed by atoms with E-state index in [-0.39, 0.29) is 17.9 Å². The molecule has 180 valence electrons. The SMILES string of the molecule is CC(C)c1cccc(-n2c(N3CCC(C(=O)NC4CCOC4)CC3)nc3cc(Cl)c(Cl)cc32)c1. The predicted octanol–water partition coefficient (Wildman–Crippen LogP) is 5.58. The maximum atomic E-state index is 12.8. The zero-order chi connectivity index (χ0) is 23.8. The average molecular weight is 501 g/mol. The molecule has 0 aliphatic carbocycles. The van der Waals surface area contributed by atoms with Crippen molar-refractivity contribution >= 4 is 46.1 Å². The van der Waals surface area contributed by atoms with Gasteiger partial charge in [-0.05, 0) is 55.0 Å². The number of carbonyl (C=O) groups excluding carboxylic acids is 1. The molecule has 0 radical (unpaired) electrons. The molecule has 1 unspecified atom stereocenters. The van der Waals surface area contributed by atoms with Gasteiger partial charge in [0.25, 0.3) is 0 Å². The molecule has 6 nitrogen and oxygen atoms in total. The van der Waals surface area contributed by atoms with Gasteiger partial charge in [0, 0.05) is 31.3 Å². The fourth-order valence-electron chi connectivity index (χ4n) is 4.86. The Bertz CT molecular complexity index is 1190. The highest BCUT2D eigenvalue weighted by atomic mass is 35.5. The van der Waals surface area contributed by atoms with Crippen molar-refractivity contribution in [1.29, 1.82) is 0 Å². The van der Waals surface area contributed by atoms with Crippen LogP contribution in [-0.2, 0) is 9.53 Å². The van der Waals surface area contributed by atoms with Gasteiger partial charge in [0.1, 0.15) is 0 Å². The lowest BCUT2D eigenvalue weighted by Gasteiger charge is -2.33. The zero-order valence-electron chi connectivity index (χ0n) is 19.6. The maximum Gasteiger partial charge on any atom is 0.223 e. The largest absolute Gasteiger partial charge is 0.379 e. The lowest BCUT2D eigenvalue weighted by Crippen LogP contribution is -2.44. The van der Waals surface area contributed by atoms with E-state index in [9.17, 15) is 4.79 Å². The van der Waals surface area contributed by atoms with Crippen LogP contribution in [0.1, 0.15) is 44.6 Å². The quantitative estimate of drug-likeness (QED) is 0.496. The van der Waals surface area contributed by atoms with E-state index in [0.29, 0.717) is 22.6 Å². The molecule has 2 fully saturated rings. The van der Waals surface area contributed by atoms with Crippen LogP contribution < -0.4 is 10.2 Å². The lowest BCUT2D eigenvalue weighted by atomic mass is 9.95. The molecule has 0 saturated carbocycles. The molecule has 5 rings (SSSR count). The number of anilines is 1. The minimum atomic E-state index is 0.0165. The first-order valence-electron chi connectivity index (χ1n) is 12.0. The van der Waals surface area contributed by atoms with Crippen LogP contribution in [0.4, 0.5) is 5.95 Å². The Morgan fingerprint density at radius 2 is 1.88 bits per heavy atom. The summed E-state index contributed by atoms with van der Waals surface area (Å²) in [5.74, 6) is 1.43. The molecule has 1 amide bonds. The molecule has 2 aromatic carbocycles. The maximum absolute atomic E-state index is 12.8. The van der Waals surface area contributed by atoms with Crippen LogP contribution >= 0.6 is 23.2 Å². The van der Waals surface area contributed by atoms with Gasteiger partial charge in [-0.3, -0.25) is 9.36 Å². The van der Waals surface area contributed by atoms with Crippen molar-refractivity contribution in [2.45, 2.75) is 45.1 Å². The number of amides is 1. The molecule has 1 aromatic heterocycles. The van der Waals surface area contributed by atoms with Crippen LogP contribution in [-0.4, -0.2) is 47.8 Å². The normalized spacial score (nSPS) is 19.3. The van der Waals surface area contributed by atoms with Crippen molar-refractivity contribution in [2.24, 2.45) is 5.92 Å². The number of nitrogens with one attached hydrogen (secondary N) is 1. The average Bonchev–Trinajstić information content (AvgIpc) is 3.47. The standard InChI is InChI=1S/C26H30Cl2N4O2/c1-16(2)18-4-3-5-20(12-18)32-24-14-22(28)21(27)13-23(24)30-26(32)31-9-6-17(7-10-31)25(33)29-19-8-11-34-15-19/h3-5,12-14,16-17,19H,6-11,15H2,1-2H3,(H,29,33). The summed E-state index contributed by atoms with van der Waals surface area (Å²) in [7, 11) is 0. The van der Waals surface area contributed by atoms with Crippen LogP contribution in [0.3, 0.4) is 0 Å². The highest BCUT2D eigenvalue weighted by molar-refractivity contribution is 6.42. The zero-order valence-corrected chi connectivity index (χ0v) is 21.1. The summed E-state index contributed by atoms with van der Waals surface area (Å²) in [5.41, 5.74) is 4.03. The molecule has 1 N–H and O–H groups in total. The van der Waals surface area contributed by atoms with E-state index in [2.05, 4.69) is 52.9 Å². The number of nitrogens with zero attached hydrogens (tertiary/aromatic N) is 3. The number of piperidine rings is 1. The summed E-state index contributed by atoms with van der Waals surface area (Å²) < 4.78 is 7.56. The molecular weight excluding hydrogens is 471 g/mol. The highest BCUT2D eigenvalue weighted by Crippen LogP contribution is 2.35. The summed E-state index contributed by atoms with van der Waals surface area (Å²) >= 11 is 12.7. The summed E-state index contributed by atoms with van der Waals surface area (Å²) in [6.07, 6.45) is 2.47. The van der Waals surface area contributed by atoms with Gasteiger partial charge in [-0.1, -0.05) is 49.2 Å². The first-order valence-corrected chi connectivity index (χ1v) is 12.8. The van der Waals surface area contributed by atoms with Crippen LogP contribution in [0.15, 0.2) is 36.4 Å². The van der Waals surface area contributed by atoms with E-state index in [1.54, 1.807) is 0 Å². The van der Waals surface area contributed by atoms with E-state index in [1.165, 1.54) is 5.56 Å². The molecule has 34 heavy (non-hydrogen) atoms. The predicted molar refractivity (Wildman–Crippen MR) is 137 cm³/mol. The minimum absolute atomic E-state index is 0.0165. The van der Waals surface area contributed by atoms with Crippen molar-refractivity contribution in [3.8, 4) is 5.69 Å². The van der Waals surface area contributed by atoms with Crippen LogP contribution in [0.2, 0.25) is 10.0 Å². The number of aromatic nitrogens is 2. The van der Waals surface area contributed by atoms with Gasteiger partial charge < -0.3 is 15.0 Å². The van der Waals surface area contributed by atoms with Gasteiger partial charge in [-0.25, -0.2) is 4.98 Å². The van der Waals surface area contributed by atoms with E-state index in [1.807, 2.05) is 12.1 Å². The number of imidazole rings is 1. The van der Waals surface area contributed by atoms with Crippen molar-refractivity contribution < 1.29 is 9.53 Å². The summed E-state index contributed by atoms with van der Waals surface area (Å²) in [4.78, 5) is 20.0. The minimum Gasteiger partial charge on any atom is -0.379 e. The number of halogens is 2. The molecular formula is C26H30Cl2N4O2. The van der Waals surface area contributed by atoms with Gasteiger partial charge in [-0.15, -0.1) is 0 Å². The van der Waals surface area contributed by atoms with Crippen molar-refractivity contribution in [3.63, 3.8) is 0 Å². The third-order valence-electron chi connectivity index (χ3n) is 6.90. The Labute approximate surface area is 210 Å². The number of benzene rings is 2. The lowest BCUT2D eigenvalue weighted by molar-refractivity contribution is -0.126. The van der Waals surface area contributed by atoms with Gasteiger partial charge >= 0.3 is 0 Å². The monoisotopic (exact) mass is 500 g/mol. The Kier molecular flexibility index (Phi) is 6.74. The first-order chi connectivity index (χ1) is 16.4. The second-order valence-corrected chi connectivity index (χ2v) is 10.4. The molecule has 3 heterocycles. The molecule has 8 heteroatoms. The molecule has 2 aliphatic heterocycles. The topological polar surface area (TPSA) is 59.4 Å². The summed E-state index contributed by atoms with van der Waals surface area (Å²) in [6.45, 7) is 7.25. The van der Waals surface area contributed by atoms with Gasteiger partial charge in [-0.2, -0.15) is 0 Å². The van der Waals surface area contributed by atoms with Crippen LogP contribution in [0.25, 0.3) is 16.7 Å². The number of hydrogen-bond acceptors (Lipinski definition) is 4. The third kappa shape index (κ3) is 4.64. The Morgan fingerprint density at radius 3 is 2.59 bits per heavy atom. The Hall–Kier alpha value is -2.28. The second kappa shape index (κ2) is 9.76. The second-order valence-electron chi connectivity index (χ2n) is 9.58. The third-order valence-corrected chi connectivity index (χ3v) is 7.62. The van der Waals surface area contributed by atoms with Crippen LogP contribution in [0, 0.1) is 5.92 Å². The number of carbonyl (C=O) groups is 1. The number of fused-ring (bicyclic) bond motifs is 1. The molecule has 3 aromatic rings. The van der Waals surface area contributed by atoms with Gasteiger partial charge in [0.15, 0.2) is 0 Å². The fraction of sp³-hybridized carbons (Fsp3) is 0.462. The van der Waals surface area contributed by atoms with E-state index < -0.39 is 0 Å². The highest BCUT2D eigenvalue weighted by Gasteiger charge is 2.30. The Morgan fingerprint density at radius 1 is 1.12 bits per heavy atom. The molecule has 1 atom stereocenters. The summed E-state index contributed by atoms with van der Waals surface area (Å²) in [6, 6.07) is 12.4. The molecule has 0 bridgehead atoms. The first kappa shape index (κ1) is 23.5. The van der Waals surface area contributed by atoms with Gasteiger partial charge in [0.05, 0.1) is 33.7 Å². The number of rotatable bonds is 5. The van der Waals surface area contributed by atoms with Gasteiger partial charge in [0.2, 0.25) is 11.9 Å². The number of hydrogen-bond donors (Lipinski definition) is 1. The van der Waals surface area contributed by atoms with Crippen LogP contribution in [0.5, 0.6) is 0 Å². The molecule has 0 spiro atoms. The van der Waals surface area contributed by atoms with E-state index in [4.69, 9.17) is 32.9 Å². The molecule has 2 aliphatic rings. The molecule has 2 saturated heterocycles. The fourth-order valence-corrected chi connectivity index (χ4v) is 5.17. The van der Waals surface area contributed by atoms with Crippen molar-refractivity contribution in [3.05, 3.63) is 52.0 Å². The van der Waals surface area contributed by atoms with Crippen molar-refractivity contribution in [2.75, 3.05) is 31.2 Å². The number of ether oxygens (including phenoxy) is 1. The van der Waals surface area contributed by atoms with E-state index in [0.717, 1.165) is 61.6 Å². The van der Waals surface area contributed by atoms with E-state index >= 15 is 0 Å². The Balaban J connectivity index is 1.45. The van der Waals surface area contributed by atoms with Crippen molar-refractivity contribution in [1.82, 2.24) is 14.9 Å².